The molecular weight excluding hydrogens is 343 g/mol. The number of carbonyl (C=O) groups excluding carboxylic acids is 1. The average Bonchev–Trinajstić information content (AvgIpc) is 2.57. The zero-order valence-electron chi connectivity index (χ0n) is 14.7. The molecule has 0 saturated carbocycles. The fourth-order valence-electron chi connectivity index (χ4n) is 3.24. The predicted octanol–water partition coefficient (Wildman–Crippen LogP) is 5.14. The van der Waals surface area contributed by atoms with Crippen LogP contribution in [0.2, 0.25) is 0 Å². The zero-order chi connectivity index (χ0) is 17.5. The van der Waals surface area contributed by atoms with E-state index in [1.165, 1.54) is 10.8 Å². The summed E-state index contributed by atoms with van der Waals surface area (Å²) in [6.07, 6.45) is 3.85. The second-order valence-corrected chi connectivity index (χ2v) is 8.41. The second-order valence-electron chi connectivity index (χ2n) is 6.47. The Morgan fingerprint density at radius 2 is 2.08 bits per heavy atom. The lowest BCUT2D eigenvalue weighted by atomic mass is 9.99. The number of unbranched alkanes of at least 4 members (excludes halogenated alkanes) is 1. The van der Waals surface area contributed by atoms with Crippen LogP contribution in [-0.2, 0) is 4.79 Å². The minimum absolute atomic E-state index is 0.0395. The molecule has 1 saturated heterocycles. The lowest BCUT2D eigenvalue weighted by Crippen LogP contribution is -2.50. The van der Waals surface area contributed by atoms with Gasteiger partial charge in [0.1, 0.15) is 11.2 Å². The maximum atomic E-state index is 12.9. The highest BCUT2D eigenvalue weighted by Crippen LogP contribution is 2.36. The molecule has 0 aromatic heterocycles. The fraction of sp³-hybridized carbons (Fsp3) is 0.611. The third-order valence-electron chi connectivity index (χ3n) is 4.67. The van der Waals surface area contributed by atoms with Gasteiger partial charge in [-0.15, -0.1) is 0 Å². The summed E-state index contributed by atoms with van der Waals surface area (Å²) in [4.78, 5) is 15.2. The van der Waals surface area contributed by atoms with Crippen LogP contribution in [0.25, 0.3) is 0 Å². The first-order valence-corrected chi connectivity index (χ1v) is 10.7. The number of amides is 1. The van der Waals surface area contributed by atoms with Crippen LogP contribution in [0.3, 0.4) is 0 Å². The number of likely N-dealkylation sites (tertiary alicyclic amines) is 1. The smallest absolute Gasteiger partial charge is 0.241 e. The number of aryl methyl sites for hydroxylation is 2. The van der Waals surface area contributed by atoms with Crippen molar-refractivity contribution in [1.29, 1.82) is 0 Å². The fourth-order valence-corrected chi connectivity index (χ4v) is 4.64. The molecule has 2 atom stereocenters. The van der Waals surface area contributed by atoms with Gasteiger partial charge in [0.2, 0.25) is 5.91 Å². The van der Waals surface area contributed by atoms with Crippen LogP contribution in [0.5, 0.6) is 0 Å². The number of hydrogen-bond acceptors (Lipinski definition) is 4. The van der Waals surface area contributed by atoms with Gasteiger partial charge in [0, 0.05) is 17.5 Å². The SMILES string of the molecule is CCCCN1CCC(SSF)CC1C(=O)Nc1c(C)cccc1C. The van der Waals surface area contributed by atoms with E-state index in [2.05, 4.69) is 17.1 Å². The van der Waals surface area contributed by atoms with Gasteiger partial charge in [-0.25, -0.2) is 0 Å². The van der Waals surface area contributed by atoms with E-state index >= 15 is 0 Å². The molecule has 1 aromatic carbocycles. The standard InChI is InChI=1S/C18H27FN2OS2/c1-4-5-10-21-11-9-15(23-24-19)12-16(21)18(22)20-17-13(2)7-6-8-14(17)3/h6-8,15-16H,4-5,9-12H2,1-3H3,(H,20,22). The van der Waals surface area contributed by atoms with Gasteiger partial charge < -0.3 is 5.32 Å². The van der Waals surface area contributed by atoms with E-state index in [1.807, 2.05) is 32.0 Å². The van der Waals surface area contributed by atoms with Crippen LogP contribution in [0.4, 0.5) is 9.57 Å². The summed E-state index contributed by atoms with van der Waals surface area (Å²) in [5, 5.41) is 3.33. The van der Waals surface area contributed by atoms with Gasteiger partial charge in [-0.1, -0.05) is 42.3 Å². The molecule has 1 aromatic rings. The van der Waals surface area contributed by atoms with Crippen LogP contribution in [-0.4, -0.2) is 35.2 Å². The molecule has 134 valence electrons. The van der Waals surface area contributed by atoms with Crippen LogP contribution in [0.15, 0.2) is 18.2 Å². The summed E-state index contributed by atoms with van der Waals surface area (Å²) >= 11 is 0.316. The van der Waals surface area contributed by atoms with Crippen LogP contribution >= 0.6 is 22.0 Å². The second kappa shape index (κ2) is 9.68. The van der Waals surface area contributed by atoms with Gasteiger partial charge >= 0.3 is 0 Å². The number of anilines is 1. The van der Waals surface area contributed by atoms with Gasteiger partial charge in [0.15, 0.2) is 0 Å². The van der Waals surface area contributed by atoms with E-state index in [0.717, 1.165) is 49.2 Å². The molecule has 1 aliphatic rings. The maximum absolute atomic E-state index is 12.9. The van der Waals surface area contributed by atoms with E-state index in [4.69, 9.17) is 0 Å². The van der Waals surface area contributed by atoms with E-state index < -0.39 is 0 Å². The van der Waals surface area contributed by atoms with Crippen molar-refractivity contribution in [2.45, 2.75) is 57.7 Å². The summed E-state index contributed by atoms with van der Waals surface area (Å²) in [6.45, 7) is 7.98. The summed E-state index contributed by atoms with van der Waals surface area (Å²) in [6, 6.07) is 5.85. The molecule has 3 nitrogen and oxygen atoms in total. The van der Waals surface area contributed by atoms with Crippen LogP contribution in [0, 0.1) is 13.8 Å². The first kappa shape index (κ1) is 19.6. The number of carbonyl (C=O) groups is 1. The molecule has 1 heterocycles. The average molecular weight is 371 g/mol. The number of halogens is 1. The van der Waals surface area contributed by atoms with Crippen LogP contribution < -0.4 is 5.32 Å². The third kappa shape index (κ3) is 5.14. The van der Waals surface area contributed by atoms with Crippen LogP contribution in [0.1, 0.15) is 43.7 Å². The molecular formula is C18H27FN2OS2. The Balaban J connectivity index is 2.11. The lowest BCUT2D eigenvalue weighted by Gasteiger charge is -2.38. The molecule has 0 aliphatic carbocycles. The van der Waals surface area contributed by atoms with Crippen molar-refractivity contribution in [2.24, 2.45) is 0 Å². The van der Waals surface area contributed by atoms with E-state index in [0.29, 0.717) is 17.6 Å². The predicted molar refractivity (Wildman–Crippen MR) is 104 cm³/mol. The molecule has 0 radical (unpaired) electrons. The highest BCUT2D eigenvalue weighted by Gasteiger charge is 2.33. The molecule has 2 rings (SSSR count). The Bertz CT molecular complexity index is 536. The molecule has 1 N–H and O–H groups in total. The quantitative estimate of drug-likeness (QED) is 0.674. The maximum Gasteiger partial charge on any atom is 0.241 e. The summed E-state index contributed by atoms with van der Waals surface area (Å²) in [5.74, 6) is 0.0395. The molecule has 0 spiro atoms. The number of hydrogen-bond donors (Lipinski definition) is 1. The Kier molecular flexibility index (Phi) is 7.91. The van der Waals surface area contributed by atoms with Crippen molar-refractivity contribution in [3.63, 3.8) is 0 Å². The van der Waals surface area contributed by atoms with Crippen molar-refractivity contribution in [1.82, 2.24) is 4.90 Å². The highest BCUT2D eigenvalue weighted by atomic mass is 33.1. The summed E-state index contributed by atoms with van der Waals surface area (Å²) in [5.41, 5.74) is 3.06. The minimum atomic E-state index is -0.172. The Labute approximate surface area is 152 Å². The monoisotopic (exact) mass is 370 g/mol. The van der Waals surface area contributed by atoms with Gasteiger partial charge in [0.25, 0.3) is 0 Å². The first-order valence-electron chi connectivity index (χ1n) is 8.62. The lowest BCUT2D eigenvalue weighted by molar-refractivity contribution is -0.122. The number of para-hydroxylation sites is 1. The number of nitrogens with one attached hydrogen (secondary N) is 1. The minimum Gasteiger partial charge on any atom is -0.324 e. The van der Waals surface area contributed by atoms with Crippen molar-refractivity contribution < 1.29 is 8.68 Å². The summed E-state index contributed by atoms with van der Waals surface area (Å²) < 4.78 is 12.6. The normalized spacial score (nSPS) is 21.7. The number of nitrogens with zero attached hydrogens (tertiary/aromatic N) is 1. The number of piperidine rings is 1. The number of benzene rings is 1. The van der Waals surface area contributed by atoms with Crippen molar-refractivity contribution >= 4 is 33.6 Å². The van der Waals surface area contributed by atoms with E-state index in [9.17, 15) is 8.68 Å². The molecule has 6 heteroatoms. The Morgan fingerprint density at radius 1 is 1.38 bits per heavy atom. The highest BCUT2D eigenvalue weighted by molar-refractivity contribution is 8.75. The molecule has 1 amide bonds. The molecule has 24 heavy (non-hydrogen) atoms. The van der Waals surface area contributed by atoms with E-state index in [-0.39, 0.29) is 17.2 Å². The molecule has 2 unspecified atom stereocenters. The van der Waals surface area contributed by atoms with Gasteiger partial charge in [-0.2, -0.15) is 3.89 Å². The van der Waals surface area contributed by atoms with Gasteiger partial charge in [-0.05, 0) is 50.8 Å². The third-order valence-corrected chi connectivity index (χ3v) is 6.48. The number of rotatable bonds is 7. The summed E-state index contributed by atoms with van der Waals surface area (Å²) in [7, 11) is 1.26. The largest absolute Gasteiger partial charge is 0.324 e. The van der Waals surface area contributed by atoms with Crippen molar-refractivity contribution in [3.8, 4) is 0 Å². The molecule has 1 aliphatic heterocycles. The first-order chi connectivity index (χ1) is 11.6. The van der Waals surface area contributed by atoms with Gasteiger partial charge in [-0.3, -0.25) is 9.69 Å². The van der Waals surface area contributed by atoms with Crippen molar-refractivity contribution in [3.05, 3.63) is 29.3 Å². The molecule has 0 bridgehead atoms. The molecule has 1 fully saturated rings. The topological polar surface area (TPSA) is 32.3 Å². The Morgan fingerprint density at radius 3 is 2.71 bits per heavy atom. The van der Waals surface area contributed by atoms with Gasteiger partial charge in [0.05, 0.1) is 6.04 Å². The van der Waals surface area contributed by atoms with E-state index in [1.54, 1.807) is 0 Å². The van der Waals surface area contributed by atoms with Crippen molar-refractivity contribution in [2.75, 3.05) is 18.4 Å². The zero-order valence-corrected chi connectivity index (χ0v) is 16.3. The Hall–Kier alpha value is -0.720.